The number of halogens is 3. The number of carboxylic acid groups (broad SMARTS) is 1. The van der Waals surface area contributed by atoms with E-state index in [1.807, 2.05) is 0 Å². The van der Waals surface area contributed by atoms with Crippen molar-refractivity contribution in [3.8, 4) is 5.75 Å². The number of methoxy groups -OCH3 is 1. The third-order valence-corrected chi connectivity index (χ3v) is 2.45. The van der Waals surface area contributed by atoms with Gasteiger partial charge in [-0.1, -0.05) is 12.1 Å². The first-order valence-corrected chi connectivity index (χ1v) is 5.45. The van der Waals surface area contributed by atoms with Crippen molar-refractivity contribution in [2.75, 3.05) is 7.11 Å². The molecule has 1 aromatic rings. The van der Waals surface area contributed by atoms with Crippen molar-refractivity contribution < 1.29 is 32.6 Å². The molecule has 110 valence electrons. The second kappa shape index (κ2) is 6.27. The molecule has 0 unspecified atom stereocenters. The number of benzene rings is 1. The van der Waals surface area contributed by atoms with Crippen molar-refractivity contribution >= 4 is 11.9 Å². The van der Waals surface area contributed by atoms with Gasteiger partial charge in [-0.05, 0) is 17.7 Å². The van der Waals surface area contributed by atoms with Gasteiger partial charge in [-0.15, -0.1) is 0 Å². The Bertz CT molecular complexity index is 484. The fraction of sp³-hybridized carbons (Fsp3) is 0.333. The van der Waals surface area contributed by atoms with Crippen LogP contribution in [-0.2, 0) is 9.59 Å². The second-order valence-electron chi connectivity index (χ2n) is 3.87. The van der Waals surface area contributed by atoms with Gasteiger partial charge in [0.15, 0.2) is 0 Å². The Morgan fingerprint density at radius 3 is 2.25 bits per heavy atom. The number of aliphatic carboxylic acids is 1. The minimum Gasteiger partial charge on any atom is -0.550 e. The van der Waals surface area contributed by atoms with Gasteiger partial charge < -0.3 is 20.0 Å². The summed E-state index contributed by atoms with van der Waals surface area (Å²) in [7, 11) is 1.40. The number of ether oxygens (including phenoxy) is 1. The molecule has 0 saturated carbocycles. The monoisotopic (exact) mass is 290 g/mol. The maximum Gasteiger partial charge on any atom is 0.471 e. The fourth-order valence-corrected chi connectivity index (χ4v) is 1.50. The topological polar surface area (TPSA) is 78.5 Å². The SMILES string of the molecule is COc1ccc([C@@H](CC(=O)[O-])NC(=O)C(F)(F)F)cc1. The van der Waals surface area contributed by atoms with Gasteiger partial charge in [-0.3, -0.25) is 4.79 Å². The van der Waals surface area contributed by atoms with E-state index in [4.69, 9.17) is 4.74 Å². The summed E-state index contributed by atoms with van der Waals surface area (Å²) in [6.45, 7) is 0. The van der Waals surface area contributed by atoms with Gasteiger partial charge in [0, 0.05) is 12.4 Å². The zero-order chi connectivity index (χ0) is 15.3. The van der Waals surface area contributed by atoms with Crippen LogP contribution >= 0.6 is 0 Å². The van der Waals surface area contributed by atoms with Gasteiger partial charge in [0.25, 0.3) is 0 Å². The average Bonchev–Trinajstić information content (AvgIpc) is 2.36. The molecule has 0 aliphatic carbocycles. The van der Waals surface area contributed by atoms with E-state index in [1.54, 1.807) is 5.32 Å². The summed E-state index contributed by atoms with van der Waals surface area (Å²) < 4.78 is 41.4. The molecule has 0 aromatic heterocycles. The lowest BCUT2D eigenvalue weighted by Gasteiger charge is -2.20. The molecule has 0 fully saturated rings. The van der Waals surface area contributed by atoms with Gasteiger partial charge in [-0.2, -0.15) is 13.2 Å². The molecule has 0 bridgehead atoms. The van der Waals surface area contributed by atoms with Crippen LogP contribution in [0.1, 0.15) is 18.0 Å². The van der Waals surface area contributed by atoms with Crippen LogP contribution in [0.4, 0.5) is 13.2 Å². The molecule has 0 heterocycles. The van der Waals surface area contributed by atoms with Gasteiger partial charge in [0.2, 0.25) is 0 Å². The predicted molar refractivity (Wildman–Crippen MR) is 59.6 cm³/mol. The van der Waals surface area contributed by atoms with Crippen LogP contribution in [0.2, 0.25) is 0 Å². The molecule has 0 saturated heterocycles. The maximum absolute atomic E-state index is 12.2. The van der Waals surface area contributed by atoms with Crippen LogP contribution in [0.5, 0.6) is 5.75 Å². The minimum atomic E-state index is -5.09. The first-order chi connectivity index (χ1) is 9.24. The molecule has 8 heteroatoms. The summed E-state index contributed by atoms with van der Waals surface area (Å²) in [4.78, 5) is 21.4. The molecule has 1 rings (SSSR count). The number of carbonyl (C=O) groups is 2. The summed E-state index contributed by atoms with van der Waals surface area (Å²) in [5.41, 5.74) is 0.201. The second-order valence-corrected chi connectivity index (χ2v) is 3.87. The molecule has 0 aliphatic rings. The van der Waals surface area contributed by atoms with Crippen LogP contribution < -0.4 is 15.2 Å². The van der Waals surface area contributed by atoms with Crippen LogP contribution in [0, 0.1) is 0 Å². The molecular weight excluding hydrogens is 279 g/mol. The summed E-state index contributed by atoms with van der Waals surface area (Å²) in [5, 5.41) is 12.2. The highest BCUT2D eigenvalue weighted by Gasteiger charge is 2.39. The van der Waals surface area contributed by atoms with Crippen molar-refractivity contribution in [2.45, 2.75) is 18.6 Å². The Kier molecular flexibility index (Phi) is 4.95. The van der Waals surface area contributed by atoms with Crippen molar-refractivity contribution in [2.24, 2.45) is 0 Å². The number of hydrogen-bond acceptors (Lipinski definition) is 4. The Labute approximate surface area is 112 Å². The summed E-state index contributed by atoms with van der Waals surface area (Å²) in [6.07, 6.45) is -5.86. The molecule has 0 spiro atoms. The number of carbonyl (C=O) groups excluding carboxylic acids is 2. The van der Waals surface area contributed by atoms with E-state index in [1.165, 1.54) is 31.4 Å². The zero-order valence-electron chi connectivity index (χ0n) is 10.4. The normalized spacial score (nSPS) is 12.6. The quantitative estimate of drug-likeness (QED) is 0.859. The third-order valence-electron chi connectivity index (χ3n) is 2.45. The lowest BCUT2D eigenvalue weighted by Crippen LogP contribution is -2.41. The minimum absolute atomic E-state index is 0.201. The van der Waals surface area contributed by atoms with Gasteiger partial charge in [-0.25, -0.2) is 0 Å². The first kappa shape index (κ1) is 15.8. The molecule has 1 N–H and O–H groups in total. The molecular formula is C12H11F3NO4-. The molecule has 1 aromatic carbocycles. The van der Waals surface area contributed by atoms with E-state index in [-0.39, 0.29) is 5.56 Å². The van der Waals surface area contributed by atoms with E-state index in [0.29, 0.717) is 5.75 Å². The molecule has 1 atom stereocenters. The number of amides is 1. The van der Waals surface area contributed by atoms with E-state index in [9.17, 15) is 27.9 Å². The summed E-state index contributed by atoms with van der Waals surface area (Å²) >= 11 is 0. The Morgan fingerprint density at radius 2 is 1.85 bits per heavy atom. The number of nitrogens with one attached hydrogen (secondary N) is 1. The van der Waals surface area contributed by atoms with E-state index >= 15 is 0 Å². The molecule has 1 amide bonds. The van der Waals surface area contributed by atoms with Crippen LogP contribution in [-0.4, -0.2) is 25.2 Å². The Morgan fingerprint density at radius 1 is 1.30 bits per heavy atom. The van der Waals surface area contributed by atoms with E-state index < -0.39 is 30.5 Å². The number of rotatable bonds is 5. The molecule has 20 heavy (non-hydrogen) atoms. The molecule has 5 nitrogen and oxygen atoms in total. The van der Waals surface area contributed by atoms with Crippen LogP contribution in [0.15, 0.2) is 24.3 Å². The highest BCUT2D eigenvalue weighted by molar-refractivity contribution is 5.82. The van der Waals surface area contributed by atoms with Gasteiger partial charge in [0.1, 0.15) is 5.75 Å². The highest BCUT2D eigenvalue weighted by Crippen LogP contribution is 2.22. The number of hydrogen-bond donors (Lipinski definition) is 1. The maximum atomic E-state index is 12.2. The van der Waals surface area contributed by atoms with Crippen molar-refractivity contribution in [1.82, 2.24) is 5.32 Å². The lowest BCUT2D eigenvalue weighted by molar-refractivity contribution is -0.306. The van der Waals surface area contributed by atoms with Crippen molar-refractivity contribution in [1.29, 1.82) is 0 Å². The summed E-state index contributed by atoms with van der Waals surface area (Å²) in [5.74, 6) is -3.34. The van der Waals surface area contributed by atoms with E-state index in [2.05, 4.69) is 0 Å². The predicted octanol–water partition coefficient (Wildman–Crippen LogP) is 0.555. The van der Waals surface area contributed by atoms with Crippen LogP contribution in [0.25, 0.3) is 0 Å². The fourth-order valence-electron chi connectivity index (χ4n) is 1.50. The van der Waals surface area contributed by atoms with Gasteiger partial charge in [0.05, 0.1) is 13.2 Å². The molecule has 0 radical (unpaired) electrons. The Balaban J connectivity index is 2.93. The largest absolute Gasteiger partial charge is 0.550 e. The van der Waals surface area contributed by atoms with Crippen LogP contribution in [0.3, 0.4) is 0 Å². The average molecular weight is 290 g/mol. The third kappa shape index (κ3) is 4.45. The zero-order valence-corrected chi connectivity index (χ0v) is 10.4. The standard InChI is InChI=1S/C12H12F3NO4/c1-20-8-4-2-7(3-5-8)9(6-10(17)18)16-11(19)12(13,14)15/h2-5,9H,6H2,1H3,(H,16,19)(H,17,18)/p-1/t9-/m1/s1. The van der Waals surface area contributed by atoms with E-state index in [0.717, 1.165) is 0 Å². The summed E-state index contributed by atoms with van der Waals surface area (Å²) in [6, 6.07) is 4.28. The van der Waals surface area contributed by atoms with Crippen molar-refractivity contribution in [3.63, 3.8) is 0 Å². The van der Waals surface area contributed by atoms with Gasteiger partial charge >= 0.3 is 12.1 Å². The number of carboxylic acids is 1. The molecule has 0 aliphatic heterocycles. The van der Waals surface area contributed by atoms with Crippen molar-refractivity contribution in [3.05, 3.63) is 29.8 Å². The number of alkyl halides is 3. The smallest absolute Gasteiger partial charge is 0.471 e. The Hall–Kier alpha value is -2.25. The highest BCUT2D eigenvalue weighted by atomic mass is 19.4. The lowest BCUT2D eigenvalue weighted by atomic mass is 10.0. The first-order valence-electron chi connectivity index (χ1n) is 5.45.